The van der Waals surface area contributed by atoms with Crippen LogP contribution in [0.2, 0.25) is 0 Å². The normalized spacial score (nSPS) is 21.9. The quantitative estimate of drug-likeness (QED) is 0.898. The van der Waals surface area contributed by atoms with Crippen LogP contribution in [0.1, 0.15) is 31.2 Å². The van der Waals surface area contributed by atoms with Crippen molar-refractivity contribution in [3.63, 3.8) is 0 Å². The van der Waals surface area contributed by atoms with Gasteiger partial charge >= 0.3 is 0 Å². The number of carbonyl (C=O) groups is 1. The lowest BCUT2D eigenvalue weighted by Gasteiger charge is -2.34. The Bertz CT molecular complexity index is 447. The van der Waals surface area contributed by atoms with Crippen molar-refractivity contribution in [1.29, 1.82) is 0 Å². The zero-order valence-corrected chi connectivity index (χ0v) is 11.6. The maximum Gasteiger partial charge on any atom is 0.233 e. The molecule has 1 amide bonds. The molecule has 1 aliphatic heterocycles. The summed E-state index contributed by atoms with van der Waals surface area (Å²) in [5.74, 6) is 0.325. The molecule has 0 atom stereocenters. The first-order valence-electron chi connectivity index (χ1n) is 7.27. The standard InChI is InChI=1S/C16H22N2O/c1-18(14-7-11-17-12-8-14)15(19)16(9-10-16)13-5-3-2-4-6-13/h2-6,14,17H,7-12H2,1H3. The van der Waals surface area contributed by atoms with Crippen molar-refractivity contribution in [2.45, 2.75) is 37.1 Å². The predicted octanol–water partition coefficient (Wildman–Crippen LogP) is 1.93. The molecule has 2 fully saturated rings. The summed E-state index contributed by atoms with van der Waals surface area (Å²) in [5, 5.41) is 3.36. The lowest BCUT2D eigenvalue weighted by atomic mass is 9.93. The van der Waals surface area contributed by atoms with Crippen LogP contribution >= 0.6 is 0 Å². The lowest BCUT2D eigenvalue weighted by Crippen LogP contribution is -2.47. The molecule has 3 nitrogen and oxygen atoms in total. The van der Waals surface area contributed by atoms with Gasteiger partial charge in [-0.1, -0.05) is 30.3 Å². The van der Waals surface area contributed by atoms with Gasteiger partial charge in [-0.15, -0.1) is 0 Å². The highest BCUT2D eigenvalue weighted by Gasteiger charge is 2.53. The van der Waals surface area contributed by atoms with E-state index in [1.165, 1.54) is 5.56 Å². The molecule has 0 spiro atoms. The number of piperidine rings is 1. The second-order valence-corrected chi connectivity index (χ2v) is 5.85. The Morgan fingerprint density at radius 1 is 1.21 bits per heavy atom. The van der Waals surface area contributed by atoms with Crippen molar-refractivity contribution in [1.82, 2.24) is 10.2 Å². The molecule has 102 valence electrons. The van der Waals surface area contributed by atoms with E-state index in [2.05, 4.69) is 17.4 Å². The first-order chi connectivity index (χ1) is 9.24. The van der Waals surface area contributed by atoms with E-state index in [1.54, 1.807) is 0 Å². The van der Waals surface area contributed by atoms with Gasteiger partial charge in [-0.25, -0.2) is 0 Å². The van der Waals surface area contributed by atoms with Crippen molar-refractivity contribution in [3.8, 4) is 0 Å². The van der Waals surface area contributed by atoms with E-state index < -0.39 is 0 Å². The predicted molar refractivity (Wildman–Crippen MR) is 76.0 cm³/mol. The third-order valence-corrected chi connectivity index (χ3v) is 4.66. The second kappa shape index (κ2) is 4.97. The fraction of sp³-hybridized carbons (Fsp3) is 0.562. The van der Waals surface area contributed by atoms with Crippen LogP contribution in [0.5, 0.6) is 0 Å². The third-order valence-electron chi connectivity index (χ3n) is 4.66. The number of carbonyl (C=O) groups excluding carboxylic acids is 1. The number of nitrogens with one attached hydrogen (secondary N) is 1. The molecule has 1 saturated heterocycles. The van der Waals surface area contributed by atoms with Crippen LogP contribution in [0, 0.1) is 0 Å². The van der Waals surface area contributed by atoms with Crippen LogP contribution in [0.25, 0.3) is 0 Å². The summed E-state index contributed by atoms with van der Waals surface area (Å²) < 4.78 is 0. The minimum atomic E-state index is -0.207. The molecule has 1 heterocycles. The minimum Gasteiger partial charge on any atom is -0.342 e. The summed E-state index contributed by atoms with van der Waals surface area (Å²) >= 11 is 0. The van der Waals surface area contributed by atoms with E-state index >= 15 is 0 Å². The van der Waals surface area contributed by atoms with E-state index in [4.69, 9.17) is 0 Å². The molecule has 1 N–H and O–H groups in total. The highest BCUT2D eigenvalue weighted by molar-refractivity contribution is 5.91. The van der Waals surface area contributed by atoms with Crippen molar-refractivity contribution in [2.75, 3.05) is 20.1 Å². The first kappa shape index (κ1) is 12.7. The molecule has 1 aromatic rings. The zero-order valence-electron chi connectivity index (χ0n) is 11.6. The molecule has 3 heteroatoms. The molecule has 2 aliphatic rings. The van der Waals surface area contributed by atoms with Gasteiger partial charge < -0.3 is 10.2 Å². The van der Waals surface area contributed by atoms with Crippen LogP contribution in [0.15, 0.2) is 30.3 Å². The Morgan fingerprint density at radius 3 is 2.42 bits per heavy atom. The topological polar surface area (TPSA) is 32.3 Å². The largest absolute Gasteiger partial charge is 0.342 e. The minimum absolute atomic E-state index is 0.207. The Kier molecular flexibility index (Phi) is 3.31. The smallest absolute Gasteiger partial charge is 0.233 e. The van der Waals surface area contributed by atoms with Gasteiger partial charge in [0.2, 0.25) is 5.91 Å². The molecular weight excluding hydrogens is 236 g/mol. The van der Waals surface area contributed by atoms with E-state index in [-0.39, 0.29) is 5.41 Å². The van der Waals surface area contributed by atoms with Gasteiger partial charge in [0.25, 0.3) is 0 Å². The maximum absolute atomic E-state index is 12.8. The van der Waals surface area contributed by atoms with Gasteiger partial charge in [-0.3, -0.25) is 4.79 Å². The summed E-state index contributed by atoms with van der Waals surface area (Å²) in [6.45, 7) is 2.06. The van der Waals surface area contributed by atoms with Crippen LogP contribution in [0.3, 0.4) is 0 Å². The Morgan fingerprint density at radius 2 is 1.84 bits per heavy atom. The van der Waals surface area contributed by atoms with E-state index in [9.17, 15) is 4.79 Å². The van der Waals surface area contributed by atoms with Crippen molar-refractivity contribution < 1.29 is 4.79 Å². The molecule has 1 aromatic carbocycles. The van der Waals surface area contributed by atoms with Crippen LogP contribution in [0.4, 0.5) is 0 Å². The SMILES string of the molecule is CN(C(=O)C1(c2ccccc2)CC1)C1CCNCC1. The van der Waals surface area contributed by atoms with E-state index in [1.807, 2.05) is 30.1 Å². The first-order valence-corrected chi connectivity index (χ1v) is 7.27. The molecule has 0 bridgehead atoms. The van der Waals surface area contributed by atoms with Gasteiger partial charge in [0.15, 0.2) is 0 Å². The van der Waals surface area contributed by atoms with Crippen molar-refractivity contribution >= 4 is 5.91 Å². The summed E-state index contributed by atoms with van der Waals surface area (Å²) in [4.78, 5) is 14.8. The number of rotatable bonds is 3. The molecule has 1 saturated carbocycles. The van der Waals surface area contributed by atoms with Gasteiger partial charge in [0.05, 0.1) is 5.41 Å². The third kappa shape index (κ3) is 2.27. The molecule has 1 aliphatic carbocycles. The number of benzene rings is 1. The summed E-state index contributed by atoms with van der Waals surface area (Å²) in [6.07, 6.45) is 4.16. The zero-order chi connectivity index (χ0) is 13.3. The van der Waals surface area contributed by atoms with Gasteiger partial charge in [-0.05, 0) is 44.3 Å². The van der Waals surface area contributed by atoms with Gasteiger partial charge in [0, 0.05) is 13.1 Å². The Hall–Kier alpha value is -1.35. The molecule has 3 rings (SSSR count). The monoisotopic (exact) mass is 258 g/mol. The summed E-state index contributed by atoms with van der Waals surface area (Å²) in [7, 11) is 1.99. The fourth-order valence-corrected chi connectivity index (χ4v) is 3.21. The highest BCUT2D eigenvalue weighted by Crippen LogP contribution is 2.49. The molecule has 0 unspecified atom stereocenters. The van der Waals surface area contributed by atoms with Crippen LogP contribution in [-0.2, 0) is 10.2 Å². The second-order valence-electron chi connectivity index (χ2n) is 5.85. The fourth-order valence-electron chi connectivity index (χ4n) is 3.21. The number of hydrogen-bond acceptors (Lipinski definition) is 2. The van der Waals surface area contributed by atoms with Crippen molar-refractivity contribution in [2.24, 2.45) is 0 Å². The number of hydrogen-bond donors (Lipinski definition) is 1. The lowest BCUT2D eigenvalue weighted by molar-refractivity contribution is -0.135. The molecule has 0 radical (unpaired) electrons. The number of likely N-dealkylation sites (N-methyl/N-ethyl adjacent to an activating group) is 1. The van der Waals surface area contributed by atoms with E-state index in [0.717, 1.165) is 38.8 Å². The number of amides is 1. The highest BCUT2D eigenvalue weighted by atomic mass is 16.2. The van der Waals surface area contributed by atoms with Crippen molar-refractivity contribution in [3.05, 3.63) is 35.9 Å². The maximum atomic E-state index is 12.8. The average molecular weight is 258 g/mol. The van der Waals surface area contributed by atoms with E-state index in [0.29, 0.717) is 11.9 Å². The summed E-state index contributed by atoms with van der Waals surface area (Å²) in [5.41, 5.74) is 0.988. The molecule has 19 heavy (non-hydrogen) atoms. The van der Waals surface area contributed by atoms with Gasteiger partial charge in [0.1, 0.15) is 0 Å². The van der Waals surface area contributed by atoms with Crippen LogP contribution < -0.4 is 5.32 Å². The number of nitrogens with zero attached hydrogens (tertiary/aromatic N) is 1. The Balaban J connectivity index is 1.76. The average Bonchev–Trinajstić information content (AvgIpc) is 3.29. The molecule has 0 aromatic heterocycles. The molecular formula is C16H22N2O. The van der Waals surface area contributed by atoms with Crippen LogP contribution in [-0.4, -0.2) is 37.0 Å². The Labute approximate surface area is 115 Å². The summed E-state index contributed by atoms with van der Waals surface area (Å²) in [6, 6.07) is 10.7. The van der Waals surface area contributed by atoms with Gasteiger partial charge in [-0.2, -0.15) is 0 Å².